The highest BCUT2D eigenvalue weighted by molar-refractivity contribution is 5.27. The molecule has 1 aromatic heterocycles. The van der Waals surface area contributed by atoms with Crippen molar-refractivity contribution in [2.75, 3.05) is 0 Å². The topological polar surface area (TPSA) is 45.8 Å². The molecule has 0 spiro atoms. The SMILES string of the molecule is Cc1ccc(C#N)c(=O)n1CCC1CCCCC1. The summed E-state index contributed by atoms with van der Waals surface area (Å²) in [5.74, 6) is 0.760. The van der Waals surface area contributed by atoms with E-state index in [0.717, 1.165) is 24.6 Å². The van der Waals surface area contributed by atoms with Crippen LogP contribution in [0, 0.1) is 24.2 Å². The molecule has 1 fully saturated rings. The summed E-state index contributed by atoms with van der Waals surface area (Å²) in [6.07, 6.45) is 7.68. The van der Waals surface area contributed by atoms with Crippen LogP contribution in [0.5, 0.6) is 0 Å². The number of hydrogen-bond acceptors (Lipinski definition) is 2. The van der Waals surface area contributed by atoms with Crippen LogP contribution in [0.2, 0.25) is 0 Å². The summed E-state index contributed by atoms with van der Waals surface area (Å²) in [7, 11) is 0. The molecule has 1 aliphatic rings. The molecule has 0 N–H and O–H groups in total. The quantitative estimate of drug-likeness (QED) is 0.820. The Morgan fingerprint density at radius 1 is 1.33 bits per heavy atom. The van der Waals surface area contributed by atoms with Gasteiger partial charge in [0.1, 0.15) is 11.6 Å². The van der Waals surface area contributed by atoms with Crippen LogP contribution in [-0.4, -0.2) is 4.57 Å². The van der Waals surface area contributed by atoms with Crippen LogP contribution in [0.1, 0.15) is 49.8 Å². The molecule has 0 atom stereocenters. The van der Waals surface area contributed by atoms with Gasteiger partial charge in [0.15, 0.2) is 0 Å². The van der Waals surface area contributed by atoms with E-state index in [-0.39, 0.29) is 11.1 Å². The maximum absolute atomic E-state index is 12.0. The van der Waals surface area contributed by atoms with Gasteiger partial charge < -0.3 is 4.57 Å². The zero-order valence-electron chi connectivity index (χ0n) is 11.0. The average Bonchev–Trinajstić information content (AvgIpc) is 2.40. The smallest absolute Gasteiger partial charge is 0.268 e. The Labute approximate surface area is 108 Å². The minimum Gasteiger partial charge on any atom is -0.312 e. The van der Waals surface area contributed by atoms with Crippen LogP contribution < -0.4 is 5.56 Å². The van der Waals surface area contributed by atoms with E-state index >= 15 is 0 Å². The summed E-state index contributed by atoms with van der Waals surface area (Å²) >= 11 is 0. The van der Waals surface area contributed by atoms with Crippen molar-refractivity contribution >= 4 is 0 Å². The monoisotopic (exact) mass is 244 g/mol. The third-order valence-corrected chi connectivity index (χ3v) is 4.00. The normalized spacial score (nSPS) is 16.4. The van der Waals surface area contributed by atoms with Gasteiger partial charge in [0.2, 0.25) is 0 Å². The maximum Gasteiger partial charge on any atom is 0.268 e. The van der Waals surface area contributed by atoms with Crippen LogP contribution in [0.3, 0.4) is 0 Å². The number of rotatable bonds is 3. The molecular weight excluding hydrogens is 224 g/mol. The fraction of sp³-hybridized carbons (Fsp3) is 0.600. The molecule has 96 valence electrons. The summed E-state index contributed by atoms with van der Waals surface area (Å²) in [5, 5.41) is 8.89. The molecule has 0 unspecified atom stereocenters. The highest BCUT2D eigenvalue weighted by Gasteiger charge is 2.14. The molecule has 1 heterocycles. The first-order chi connectivity index (χ1) is 8.72. The minimum atomic E-state index is -0.131. The molecule has 0 radical (unpaired) electrons. The third kappa shape index (κ3) is 2.81. The zero-order valence-corrected chi connectivity index (χ0v) is 11.0. The molecule has 3 heteroatoms. The van der Waals surface area contributed by atoms with Gasteiger partial charge in [-0.25, -0.2) is 0 Å². The molecule has 0 amide bonds. The zero-order chi connectivity index (χ0) is 13.0. The Kier molecular flexibility index (Phi) is 4.19. The summed E-state index contributed by atoms with van der Waals surface area (Å²) in [6.45, 7) is 2.69. The molecule has 0 aliphatic heterocycles. The maximum atomic E-state index is 12.0. The van der Waals surface area contributed by atoms with Crippen LogP contribution in [-0.2, 0) is 6.54 Å². The van der Waals surface area contributed by atoms with Gasteiger partial charge >= 0.3 is 0 Å². The largest absolute Gasteiger partial charge is 0.312 e. The van der Waals surface area contributed by atoms with Crippen molar-refractivity contribution in [1.29, 1.82) is 5.26 Å². The Morgan fingerprint density at radius 2 is 2.06 bits per heavy atom. The molecular formula is C15H20N2O. The Bertz CT molecular complexity index is 504. The van der Waals surface area contributed by atoms with Gasteiger partial charge in [-0.2, -0.15) is 5.26 Å². The van der Waals surface area contributed by atoms with E-state index in [9.17, 15) is 4.79 Å². The fourth-order valence-electron chi connectivity index (χ4n) is 2.82. The highest BCUT2D eigenvalue weighted by Crippen LogP contribution is 2.26. The second-order valence-electron chi connectivity index (χ2n) is 5.25. The van der Waals surface area contributed by atoms with Gasteiger partial charge in [0, 0.05) is 12.2 Å². The summed E-state index contributed by atoms with van der Waals surface area (Å²) in [5.41, 5.74) is 1.08. The molecule has 3 nitrogen and oxygen atoms in total. The molecule has 1 aliphatic carbocycles. The van der Waals surface area contributed by atoms with E-state index in [4.69, 9.17) is 5.26 Å². The Balaban J connectivity index is 2.09. The predicted molar refractivity (Wildman–Crippen MR) is 71.3 cm³/mol. The average molecular weight is 244 g/mol. The van der Waals surface area contributed by atoms with E-state index in [1.807, 2.05) is 19.1 Å². The number of aromatic nitrogens is 1. The van der Waals surface area contributed by atoms with Crippen LogP contribution in [0.4, 0.5) is 0 Å². The number of nitriles is 1. The van der Waals surface area contributed by atoms with E-state index in [2.05, 4.69) is 0 Å². The van der Waals surface area contributed by atoms with Gasteiger partial charge in [0.25, 0.3) is 5.56 Å². The van der Waals surface area contributed by atoms with E-state index in [1.165, 1.54) is 32.1 Å². The predicted octanol–water partition coefficient (Wildman–Crippen LogP) is 3.00. The Morgan fingerprint density at radius 3 is 2.72 bits per heavy atom. The summed E-state index contributed by atoms with van der Waals surface area (Å²) in [6, 6.07) is 5.45. The number of aryl methyl sites for hydroxylation is 1. The van der Waals surface area contributed by atoms with Crippen molar-refractivity contribution in [3.8, 4) is 6.07 Å². The first kappa shape index (κ1) is 12.9. The van der Waals surface area contributed by atoms with Crippen molar-refractivity contribution in [2.24, 2.45) is 5.92 Å². The van der Waals surface area contributed by atoms with Crippen LogP contribution >= 0.6 is 0 Å². The molecule has 1 aromatic rings. The lowest BCUT2D eigenvalue weighted by molar-refractivity contribution is 0.321. The molecule has 1 saturated carbocycles. The first-order valence-electron chi connectivity index (χ1n) is 6.83. The van der Waals surface area contributed by atoms with E-state index < -0.39 is 0 Å². The van der Waals surface area contributed by atoms with E-state index in [1.54, 1.807) is 10.6 Å². The second-order valence-corrected chi connectivity index (χ2v) is 5.25. The van der Waals surface area contributed by atoms with Crippen molar-refractivity contribution in [3.05, 3.63) is 33.7 Å². The number of hydrogen-bond donors (Lipinski definition) is 0. The highest BCUT2D eigenvalue weighted by atomic mass is 16.1. The molecule has 0 bridgehead atoms. The molecule has 0 saturated heterocycles. The lowest BCUT2D eigenvalue weighted by Crippen LogP contribution is -2.25. The number of nitrogens with zero attached hydrogens (tertiary/aromatic N) is 2. The lowest BCUT2D eigenvalue weighted by atomic mass is 9.87. The van der Waals surface area contributed by atoms with Gasteiger partial charge in [-0.3, -0.25) is 4.79 Å². The lowest BCUT2D eigenvalue weighted by Gasteiger charge is -2.22. The summed E-state index contributed by atoms with van der Waals surface area (Å²) < 4.78 is 1.76. The minimum absolute atomic E-state index is 0.131. The van der Waals surface area contributed by atoms with Crippen molar-refractivity contribution in [3.63, 3.8) is 0 Å². The van der Waals surface area contributed by atoms with Gasteiger partial charge in [-0.15, -0.1) is 0 Å². The molecule has 2 rings (SSSR count). The van der Waals surface area contributed by atoms with Crippen molar-refractivity contribution < 1.29 is 0 Å². The Hall–Kier alpha value is -1.56. The van der Waals surface area contributed by atoms with E-state index in [0.29, 0.717) is 0 Å². The van der Waals surface area contributed by atoms with Crippen molar-refractivity contribution in [1.82, 2.24) is 4.57 Å². The molecule has 18 heavy (non-hydrogen) atoms. The van der Waals surface area contributed by atoms with Crippen LogP contribution in [0.25, 0.3) is 0 Å². The second kappa shape index (κ2) is 5.86. The van der Waals surface area contributed by atoms with Crippen molar-refractivity contribution in [2.45, 2.75) is 52.0 Å². The standard InChI is InChI=1S/C15H20N2O/c1-12-7-8-14(11-16)15(18)17(12)10-9-13-5-3-2-4-6-13/h7-8,13H,2-6,9-10H2,1H3. The third-order valence-electron chi connectivity index (χ3n) is 4.00. The molecule has 0 aromatic carbocycles. The fourth-order valence-corrected chi connectivity index (χ4v) is 2.82. The van der Waals surface area contributed by atoms with Crippen LogP contribution in [0.15, 0.2) is 16.9 Å². The van der Waals surface area contributed by atoms with Gasteiger partial charge in [-0.1, -0.05) is 32.1 Å². The van der Waals surface area contributed by atoms with Gasteiger partial charge in [0.05, 0.1) is 0 Å². The first-order valence-corrected chi connectivity index (χ1v) is 6.83. The summed E-state index contributed by atoms with van der Waals surface area (Å²) in [4.78, 5) is 12.0. The van der Waals surface area contributed by atoms with Gasteiger partial charge in [-0.05, 0) is 31.4 Å². The number of pyridine rings is 1.